The van der Waals surface area contributed by atoms with Crippen LogP contribution in [0.2, 0.25) is 0 Å². The molecule has 0 unspecified atom stereocenters. The first-order chi connectivity index (χ1) is 22.2. The van der Waals surface area contributed by atoms with E-state index in [1.807, 2.05) is 0 Å². The van der Waals surface area contributed by atoms with Crippen LogP contribution in [0, 0.1) is 52.7 Å². The van der Waals surface area contributed by atoms with Gasteiger partial charge >= 0.3 is 0 Å². The van der Waals surface area contributed by atoms with Gasteiger partial charge in [0.2, 0.25) is 0 Å². The molecule has 46 heavy (non-hydrogen) atoms. The Morgan fingerprint density at radius 1 is 0.522 bits per heavy atom. The summed E-state index contributed by atoms with van der Waals surface area (Å²) in [6.45, 7) is 4.81. The van der Waals surface area contributed by atoms with Crippen LogP contribution in [0.4, 0.5) is 26.3 Å². The highest BCUT2D eigenvalue weighted by molar-refractivity contribution is 5.20. The molecular formula is C36H48F6O4. The monoisotopic (exact) mass is 658 g/mol. The third kappa shape index (κ3) is 12.1. The molecule has 0 spiro atoms. The van der Waals surface area contributed by atoms with Crippen LogP contribution < -0.4 is 0 Å². The van der Waals surface area contributed by atoms with E-state index in [9.17, 15) is 26.3 Å². The quantitative estimate of drug-likeness (QED) is 0.0909. The van der Waals surface area contributed by atoms with Gasteiger partial charge in [-0.15, -0.1) is 0 Å². The van der Waals surface area contributed by atoms with E-state index in [1.54, 1.807) is 0 Å². The van der Waals surface area contributed by atoms with Crippen molar-refractivity contribution < 1.29 is 45.3 Å². The van der Waals surface area contributed by atoms with E-state index in [0.717, 1.165) is 49.9 Å². The van der Waals surface area contributed by atoms with Crippen LogP contribution in [-0.2, 0) is 31.8 Å². The number of halogens is 6. The highest BCUT2D eigenvalue weighted by atomic mass is 19.2. The summed E-state index contributed by atoms with van der Waals surface area (Å²) in [5.74, 6) is -6.18. The van der Waals surface area contributed by atoms with E-state index >= 15 is 0 Å². The van der Waals surface area contributed by atoms with Crippen LogP contribution in [0.15, 0.2) is 24.3 Å². The second-order valence-corrected chi connectivity index (χ2v) is 13.1. The Morgan fingerprint density at radius 2 is 0.870 bits per heavy atom. The average molecular weight is 659 g/mol. The number of aryl methyl sites for hydroxylation is 2. The standard InChI is InChI=1S/C36H48F6O4/c1-24(8-4-2-6-10-27-20-43-33(44-21-27)14-12-25-16-29(37)35(41)30(38)17-25)9-5-3-7-11-28-22-45-34(46-23-28)15-13-26-18-31(39)36(42)32(40)19-26/h16-19,24,27-28,33-34H,2-15,20-23H2,1H3. The van der Waals surface area contributed by atoms with Gasteiger partial charge in [0.05, 0.1) is 26.4 Å². The minimum absolute atomic E-state index is 0.353. The molecule has 2 aliphatic heterocycles. The molecule has 0 bridgehead atoms. The number of hydrogen-bond acceptors (Lipinski definition) is 4. The van der Waals surface area contributed by atoms with Gasteiger partial charge in [0.25, 0.3) is 0 Å². The summed E-state index contributed by atoms with van der Waals surface area (Å²) in [7, 11) is 0. The molecule has 0 aromatic heterocycles. The van der Waals surface area contributed by atoms with Crippen molar-refractivity contribution in [2.45, 2.75) is 109 Å². The second-order valence-electron chi connectivity index (χ2n) is 13.1. The van der Waals surface area contributed by atoms with Crippen molar-refractivity contribution in [3.8, 4) is 0 Å². The van der Waals surface area contributed by atoms with Gasteiger partial charge in [0.15, 0.2) is 47.5 Å². The lowest BCUT2D eigenvalue weighted by molar-refractivity contribution is -0.203. The maximum atomic E-state index is 13.4. The van der Waals surface area contributed by atoms with Gasteiger partial charge in [-0.1, -0.05) is 58.3 Å². The molecule has 4 nitrogen and oxygen atoms in total. The molecule has 2 aromatic carbocycles. The summed E-state index contributed by atoms with van der Waals surface area (Å²) in [6.07, 6.45) is 12.5. The molecule has 4 rings (SSSR count). The van der Waals surface area contributed by atoms with Crippen molar-refractivity contribution >= 4 is 0 Å². The van der Waals surface area contributed by atoms with Crippen molar-refractivity contribution in [1.82, 2.24) is 0 Å². The van der Waals surface area contributed by atoms with E-state index in [2.05, 4.69) is 6.92 Å². The van der Waals surface area contributed by atoms with Gasteiger partial charge in [0, 0.05) is 24.7 Å². The molecule has 0 radical (unpaired) electrons. The Labute approximate surface area is 269 Å². The Kier molecular flexibility index (Phi) is 15.2. The maximum absolute atomic E-state index is 13.4. The minimum Gasteiger partial charge on any atom is -0.352 e. The summed E-state index contributed by atoms with van der Waals surface area (Å²) in [4.78, 5) is 0. The molecular weight excluding hydrogens is 610 g/mol. The topological polar surface area (TPSA) is 36.9 Å². The third-order valence-corrected chi connectivity index (χ3v) is 9.11. The molecule has 0 saturated carbocycles. The van der Waals surface area contributed by atoms with Crippen LogP contribution in [0.3, 0.4) is 0 Å². The SMILES string of the molecule is CC(CCCCCC1COC(CCc2cc(F)c(F)c(F)c2)OC1)CCCCCC1COC(CCc2cc(F)c(F)c(F)c2)OC1. The zero-order valence-corrected chi connectivity index (χ0v) is 26.8. The third-order valence-electron chi connectivity index (χ3n) is 9.11. The molecule has 2 fully saturated rings. The maximum Gasteiger partial charge on any atom is 0.194 e. The van der Waals surface area contributed by atoms with Crippen LogP contribution in [0.1, 0.15) is 95.1 Å². The largest absolute Gasteiger partial charge is 0.352 e. The first-order valence-electron chi connectivity index (χ1n) is 16.9. The van der Waals surface area contributed by atoms with E-state index in [1.165, 1.54) is 38.5 Å². The lowest BCUT2D eigenvalue weighted by Crippen LogP contribution is -2.32. The van der Waals surface area contributed by atoms with Crippen LogP contribution in [-0.4, -0.2) is 39.0 Å². The summed E-state index contributed by atoms with van der Waals surface area (Å²) in [5, 5.41) is 0. The zero-order chi connectivity index (χ0) is 32.9. The fraction of sp³-hybridized carbons (Fsp3) is 0.667. The van der Waals surface area contributed by atoms with Crippen LogP contribution >= 0.6 is 0 Å². The van der Waals surface area contributed by atoms with E-state index < -0.39 is 47.5 Å². The Balaban J connectivity index is 0.940. The Bertz CT molecular complexity index is 1060. The van der Waals surface area contributed by atoms with Gasteiger partial charge in [-0.05, 0) is 67.0 Å². The summed E-state index contributed by atoms with van der Waals surface area (Å²) < 4.78 is 103. The van der Waals surface area contributed by atoms with E-state index in [4.69, 9.17) is 18.9 Å². The molecule has 0 amide bonds. The zero-order valence-electron chi connectivity index (χ0n) is 26.8. The van der Waals surface area contributed by atoms with Gasteiger partial charge in [0.1, 0.15) is 0 Å². The average Bonchev–Trinajstić information content (AvgIpc) is 3.04. The highest BCUT2D eigenvalue weighted by Crippen LogP contribution is 2.25. The fourth-order valence-corrected chi connectivity index (χ4v) is 6.26. The van der Waals surface area contributed by atoms with Gasteiger partial charge in [-0.2, -0.15) is 0 Å². The predicted octanol–water partition coefficient (Wildman–Crippen LogP) is 9.60. The van der Waals surface area contributed by atoms with Crippen molar-refractivity contribution in [2.75, 3.05) is 26.4 Å². The number of benzene rings is 2. The normalized spacial score (nSPS) is 22.7. The number of ether oxygens (including phenoxy) is 4. The molecule has 2 aliphatic rings. The number of hydrogen-bond donors (Lipinski definition) is 0. The molecule has 10 heteroatoms. The number of rotatable bonds is 18. The number of unbranched alkanes of at least 4 members (excludes halogenated alkanes) is 4. The van der Waals surface area contributed by atoms with Crippen LogP contribution in [0.25, 0.3) is 0 Å². The first kappa shape index (κ1) is 36.7. The van der Waals surface area contributed by atoms with Gasteiger partial charge in [-0.25, -0.2) is 26.3 Å². The summed E-state index contributed by atoms with van der Waals surface area (Å²) in [5.41, 5.74) is 0.776. The fourth-order valence-electron chi connectivity index (χ4n) is 6.26. The van der Waals surface area contributed by atoms with Crippen molar-refractivity contribution in [3.63, 3.8) is 0 Å². The minimum atomic E-state index is -1.45. The van der Waals surface area contributed by atoms with Crippen LogP contribution in [0.5, 0.6) is 0 Å². The molecule has 0 aliphatic carbocycles. The van der Waals surface area contributed by atoms with E-state index in [0.29, 0.717) is 81.0 Å². The molecule has 258 valence electrons. The Morgan fingerprint density at radius 3 is 1.22 bits per heavy atom. The Hall–Kier alpha value is -2.14. The van der Waals surface area contributed by atoms with Crippen molar-refractivity contribution in [1.29, 1.82) is 0 Å². The lowest BCUT2D eigenvalue weighted by atomic mass is 9.94. The predicted molar refractivity (Wildman–Crippen MR) is 163 cm³/mol. The summed E-state index contributed by atoms with van der Waals surface area (Å²) in [6, 6.07) is 4.08. The molecule has 0 N–H and O–H groups in total. The molecule has 2 heterocycles. The van der Waals surface area contributed by atoms with Gasteiger partial charge in [-0.3, -0.25) is 0 Å². The van der Waals surface area contributed by atoms with Gasteiger partial charge < -0.3 is 18.9 Å². The molecule has 0 atom stereocenters. The lowest BCUT2D eigenvalue weighted by Gasteiger charge is -2.29. The van der Waals surface area contributed by atoms with Crippen molar-refractivity contribution in [3.05, 3.63) is 70.3 Å². The highest BCUT2D eigenvalue weighted by Gasteiger charge is 2.24. The molecule has 2 aromatic rings. The second kappa shape index (κ2) is 19.0. The molecule has 2 saturated heterocycles. The van der Waals surface area contributed by atoms with E-state index in [-0.39, 0.29) is 0 Å². The first-order valence-corrected chi connectivity index (χ1v) is 16.9. The summed E-state index contributed by atoms with van der Waals surface area (Å²) >= 11 is 0. The van der Waals surface area contributed by atoms with Crippen molar-refractivity contribution in [2.24, 2.45) is 17.8 Å². The smallest absolute Gasteiger partial charge is 0.194 e.